The molecule has 0 radical (unpaired) electrons. The predicted molar refractivity (Wildman–Crippen MR) is 78.4 cm³/mol. The van der Waals surface area contributed by atoms with E-state index in [-0.39, 0.29) is 6.04 Å². The Labute approximate surface area is 118 Å². The van der Waals surface area contributed by atoms with Crippen LogP contribution in [0.25, 0.3) is 5.65 Å². The van der Waals surface area contributed by atoms with E-state index in [0.29, 0.717) is 0 Å². The Hall–Kier alpha value is -2.14. The van der Waals surface area contributed by atoms with Crippen molar-refractivity contribution in [2.75, 3.05) is 0 Å². The van der Waals surface area contributed by atoms with E-state index in [1.165, 1.54) is 5.69 Å². The number of nitrogens with zero attached hydrogens (tertiary/aromatic N) is 3. The second-order valence-electron chi connectivity index (χ2n) is 4.89. The van der Waals surface area contributed by atoms with Crippen molar-refractivity contribution < 1.29 is 0 Å². The van der Waals surface area contributed by atoms with Crippen LogP contribution < -0.4 is 5.32 Å². The second-order valence-corrected chi connectivity index (χ2v) is 4.89. The summed E-state index contributed by atoms with van der Waals surface area (Å²) >= 11 is 0. The Kier molecular flexibility index (Phi) is 3.52. The molecule has 0 aliphatic heterocycles. The van der Waals surface area contributed by atoms with Crippen LogP contribution in [0.2, 0.25) is 0 Å². The minimum absolute atomic E-state index is 0.235. The van der Waals surface area contributed by atoms with Crippen LogP contribution in [0.15, 0.2) is 36.8 Å². The van der Waals surface area contributed by atoms with Crippen molar-refractivity contribution >= 4 is 5.65 Å². The van der Waals surface area contributed by atoms with Crippen LogP contribution in [0.1, 0.15) is 36.6 Å². The molecule has 0 spiro atoms. The molecule has 1 unspecified atom stereocenters. The lowest BCUT2D eigenvalue weighted by Crippen LogP contribution is -2.22. The van der Waals surface area contributed by atoms with Crippen LogP contribution in [0.5, 0.6) is 0 Å². The summed E-state index contributed by atoms with van der Waals surface area (Å²) in [7, 11) is 0. The molecule has 5 heteroatoms. The average Bonchev–Trinajstić information content (AvgIpc) is 3.08. The third kappa shape index (κ3) is 2.32. The topological polar surface area (TPSA) is 58.0 Å². The Morgan fingerprint density at radius 1 is 1.40 bits per heavy atom. The summed E-state index contributed by atoms with van der Waals surface area (Å²) in [5.41, 5.74) is 3.26. The maximum absolute atomic E-state index is 4.58. The number of fused-ring (bicyclic) bond motifs is 1. The first-order chi connectivity index (χ1) is 9.79. The fourth-order valence-electron chi connectivity index (χ4n) is 2.50. The van der Waals surface area contributed by atoms with E-state index in [1.807, 2.05) is 24.4 Å². The zero-order chi connectivity index (χ0) is 13.9. The molecule has 1 atom stereocenters. The standard InChI is InChI=1S/C15H19N5/c1-3-12(15-16-7-8-17-15)18-10-13-11(2)19-14-6-4-5-9-20(13)14/h4-9,12,18H,3,10H2,1-2H3,(H,16,17). The highest BCUT2D eigenvalue weighted by atomic mass is 15.1. The number of aromatic nitrogens is 4. The van der Waals surface area contributed by atoms with Crippen LogP contribution in [-0.2, 0) is 6.54 Å². The number of aromatic amines is 1. The van der Waals surface area contributed by atoms with Gasteiger partial charge in [-0.2, -0.15) is 0 Å². The second kappa shape index (κ2) is 5.46. The number of H-pyrrole nitrogens is 1. The van der Waals surface area contributed by atoms with Crippen molar-refractivity contribution in [3.05, 3.63) is 54.0 Å². The van der Waals surface area contributed by atoms with E-state index in [4.69, 9.17) is 0 Å². The first-order valence-corrected chi connectivity index (χ1v) is 6.94. The molecule has 0 aliphatic carbocycles. The van der Waals surface area contributed by atoms with Gasteiger partial charge in [0, 0.05) is 25.1 Å². The van der Waals surface area contributed by atoms with Gasteiger partial charge >= 0.3 is 0 Å². The smallest absolute Gasteiger partial charge is 0.137 e. The lowest BCUT2D eigenvalue weighted by atomic mass is 10.2. The molecule has 5 nitrogen and oxygen atoms in total. The van der Waals surface area contributed by atoms with E-state index in [2.05, 4.69) is 44.7 Å². The molecular weight excluding hydrogens is 250 g/mol. The first-order valence-electron chi connectivity index (χ1n) is 6.94. The van der Waals surface area contributed by atoms with Gasteiger partial charge in [-0.3, -0.25) is 0 Å². The van der Waals surface area contributed by atoms with Crippen molar-refractivity contribution in [1.82, 2.24) is 24.7 Å². The van der Waals surface area contributed by atoms with Gasteiger partial charge in [-0.25, -0.2) is 9.97 Å². The maximum Gasteiger partial charge on any atom is 0.137 e. The Morgan fingerprint density at radius 3 is 3.05 bits per heavy atom. The highest BCUT2D eigenvalue weighted by molar-refractivity contribution is 5.42. The fourth-order valence-corrected chi connectivity index (χ4v) is 2.50. The summed E-state index contributed by atoms with van der Waals surface area (Å²) < 4.78 is 2.14. The Balaban J connectivity index is 1.81. The van der Waals surface area contributed by atoms with Gasteiger partial charge in [-0.05, 0) is 25.5 Å². The molecule has 20 heavy (non-hydrogen) atoms. The van der Waals surface area contributed by atoms with Crippen molar-refractivity contribution in [1.29, 1.82) is 0 Å². The van der Waals surface area contributed by atoms with E-state index in [1.54, 1.807) is 6.20 Å². The summed E-state index contributed by atoms with van der Waals surface area (Å²) in [5.74, 6) is 0.985. The lowest BCUT2D eigenvalue weighted by molar-refractivity contribution is 0.492. The monoisotopic (exact) mass is 269 g/mol. The van der Waals surface area contributed by atoms with E-state index < -0.39 is 0 Å². The van der Waals surface area contributed by atoms with Gasteiger partial charge < -0.3 is 14.7 Å². The van der Waals surface area contributed by atoms with Crippen molar-refractivity contribution in [2.45, 2.75) is 32.9 Å². The van der Waals surface area contributed by atoms with Gasteiger partial charge in [-0.1, -0.05) is 13.0 Å². The predicted octanol–water partition coefficient (Wildman–Crippen LogP) is 2.61. The summed E-state index contributed by atoms with van der Waals surface area (Å²) in [6.45, 7) is 4.98. The summed E-state index contributed by atoms with van der Waals surface area (Å²) in [6.07, 6.45) is 6.70. The van der Waals surface area contributed by atoms with Gasteiger partial charge in [0.1, 0.15) is 11.5 Å². The molecule has 0 aliphatic rings. The Morgan fingerprint density at radius 2 is 2.30 bits per heavy atom. The molecule has 0 aromatic carbocycles. The van der Waals surface area contributed by atoms with Gasteiger partial charge in [-0.15, -0.1) is 0 Å². The van der Waals surface area contributed by atoms with Gasteiger partial charge in [0.05, 0.1) is 17.4 Å². The third-order valence-corrected chi connectivity index (χ3v) is 3.60. The number of rotatable bonds is 5. The summed E-state index contributed by atoms with van der Waals surface area (Å²) in [5, 5.41) is 3.55. The molecule has 3 aromatic rings. The molecule has 104 valence electrons. The number of imidazole rings is 2. The van der Waals surface area contributed by atoms with Crippen LogP contribution in [0.3, 0.4) is 0 Å². The molecule has 0 saturated carbocycles. The van der Waals surface area contributed by atoms with Crippen LogP contribution in [0, 0.1) is 6.92 Å². The molecule has 0 saturated heterocycles. The summed E-state index contributed by atoms with van der Waals surface area (Å²) in [6, 6.07) is 6.30. The molecule has 3 heterocycles. The number of nitrogens with one attached hydrogen (secondary N) is 2. The lowest BCUT2D eigenvalue weighted by Gasteiger charge is -2.14. The van der Waals surface area contributed by atoms with Crippen molar-refractivity contribution in [3.8, 4) is 0 Å². The number of aryl methyl sites for hydroxylation is 1. The minimum atomic E-state index is 0.235. The summed E-state index contributed by atoms with van der Waals surface area (Å²) in [4.78, 5) is 12.1. The van der Waals surface area contributed by atoms with Gasteiger partial charge in [0.2, 0.25) is 0 Å². The van der Waals surface area contributed by atoms with Gasteiger partial charge in [0.15, 0.2) is 0 Å². The molecule has 3 aromatic heterocycles. The third-order valence-electron chi connectivity index (χ3n) is 3.60. The van der Waals surface area contributed by atoms with Crippen LogP contribution >= 0.6 is 0 Å². The zero-order valence-corrected chi connectivity index (χ0v) is 11.8. The number of hydrogen-bond acceptors (Lipinski definition) is 3. The Bertz CT molecular complexity index is 683. The van der Waals surface area contributed by atoms with Gasteiger partial charge in [0.25, 0.3) is 0 Å². The first kappa shape index (κ1) is 12.9. The van der Waals surface area contributed by atoms with Crippen LogP contribution in [-0.4, -0.2) is 19.4 Å². The largest absolute Gasteiger partial charge is 0.347 e. The maximum atomic E-state index is 4.58. The number of hydrogen-bond donors (Lipinski definition) is 2. The van der Waals surface area contributed by atoms with E-state index >= 15 is 0 Å². The zero-order valence-electron chi connectivity index (χ0n) is 11.8. The molecule has 2 N–H and O–H groups in total. The fraction of sp³-hybridized carbons (Fsp3) is 0.333. The average molecular weight is 269 g/mol. The van der Waals surface area contributed by atoms with Crippen molar-refractivity contribution in [2.24, 2.45) is 0 Å². The molecule has 0 amide bonds. The SMILES string of the molecule is CCC(NCc1c(C)nc2ccccn12)c1ncc[nH]1. The highest BCUT2D eigenvalue weighted by Gasteiger charge is 2.13. The van der Waals surface area contributed by atoms with Crippen molar-refractivity contribution in [3.63, 3.8) is 0 Å². The quantitative estimate of drug-likeness (QED) is 0.748. The normalized spacial score (nSPS) is 12.9. The molecular formula is C15H19N5. The number of pyridine rings is 1. The van der Waals surface area contributed by atoms with Crippen LogP contribution in [0.4, 0.5) is 0 Å². The van der Waals surface area contributed by atoms with E-state index in [0.717, 1.165) is 30.1 Å². The highest BCUT2D eigenvalue weighted by Crippen LogP contribution is 2.15. The minimum Gasteiger partial charge on any atom is -0.347 e. The molecule has 0 bridgehead atoms. The molecule has 0 fully saturated rings. The molecule has 3 rings (SSSR count). The van der Waals surface area contributed by atoms with E-state index in [9.17, 15) is 0 Å².